The molecule has 1 atom stereocenters. The lowest BCUT2D eigenvalue weighted by Gasteiger charge is -2.19. The molecule has 3 heteroatoms. The molecule has 0 aromatic heterocycles. The highest BCUT2D eigenvalue weighted by Gasteiger charge is 2.37. The minimum Gasteiger partial charge on any atom is -0.363 e. The molecule has 0 saturated carbocycles. The maximum Gasteiger partial charge on any atom is 0.221 e. The average Bonchev–Trinajstić information content (AvgIpc) is 2.37. The number of hydrogen-bond acceptors (Lipinski definition) is 2. The zero-order valence-electron chi connectivity index (χ0n) is 10.1. The van der Waals surface area contributed by atoms with E-state index >= 15 is 0 Å². The van der Waals surface area contributed by atoms with Gasteiger partial charge < -0.3 is 10.1 Å². The normalized spacial score (nSPS) is 21.6. The predicted molar refractivity (Wildman–Crippen MR) is 63.3 cm³/mol. The molecule has 1 amide bonds. The number of ether oxygens (including phenoxy) is 1. The Morgan fingerprint density at radius 3 is 2.75 bits per heavy atom. The van der Waals surface area contributed by atoms with Crippen LogP contribution in [0.15, 0.2) is 18.2 Å². The molecule has 86 valence electrons. The van der Waals surface area contributed by atoms with Crippen molar-refractivity contribution in [3.05, 3.63) is 29.3 Å². The molecule has 1 N–H and O–H groups in total. The van der Waals surface area contributed by atoms with Crippen molar-refractivity contribution in [2.24, 2.45) is 0 Å². The quantitative estimate of drug-likeness (QED) is 0.788. The lowest BCUT2D eigenvalue weighted by Crippen LogP contribution is -2.15. The van der Waals surface area contributed by atoms with E-state index < -0.39 is 0 Å². The van der Waals surface area contributed by atoms with Crippen LogP contribution in [0, 0.1) is 0 Å². The number of fused-ring (bicyclic) bond motifs is 1. The van der Waals surface area contributed by atoms with Crippen molar-refractivity contribution < 1.29 is 9.53 Å². The van der Waals surface area contributed by atoms with Crippen molar-refractivity contribution in [2.45, 2.75) is 39.4 Å². The molecule has 1 aromatic carbocycles. The summed E-state index contributed by atoms with van der Waals surface area (Å²) in [6.45, 7) is 7.63. The Morgan fingerprint density at radius 1 is 1.44 bits per heavy atom. The molecule has 16 heavy (non-hydrogen) atoms. The first-order valence-corrected chi connectivity index (χ1v) is 5.50. The monoisotopic (exact) mass is 219 g/mol. The first-order valence-electron chi connectivity index (χ1n) is 5.50. The molecule has 0 aliphatic carbocycles. The second-order valence-electron chi connectivity index (χ2n) is 4.72. The number of amides is 1. The van der Waals surface area contributed by atoms with Crippen molar-refractivity contribution in [2.75, 3.05) is 5.32 Å². The summed E-state index contributed by atoms with van der Waals surface area (Å²) in [7, 11) is 0. The van der Waals surface area contributed by atoms with Crippen molar-refractivity contribution >= 4 is 11.6 Å². The van der Waals surface area contributed by atoms with Crippen molar-refractivity contribution in [1.29, 1.82) is 0 Å². The molecule has 0 radical (unpaired) electrons. The summed E-state index contributed by atoms with van der Waals surface area (Å²) in [5.74, 6) is -0.0506. The van der Waals surface area contributed by atoms with Gasteiger partial charge in [-0.25, -0.2) is 0 Å². The van der Waals surface area contributed by atoms with E-state index in [2.05, 4.69) is 11.4 Å². The van der Waals surface area contributed by atoms with Crippen LogP contribution in [0.25, 0.3) is 0 Å². The largest absolute Gasteiger partial charge is 0.363 e. The van der Waals surface area contributed by atoms with Crippen LogP contribution in [0.5, 0.6) is 0 Å². The van der Waals surface area contributed by atoms with Crippen LogP contribution in [0.4, 0.5) is 5.69 Å². The third-order valence-electron chi connectivity index (χ3n) is 2.94. The molecular formula is C13H17NO2. The molecule has 1 aliphatic rings. The van der Waals surface area contributed by atoms with E-state index in [-0.39, 0.29) is 17.6 Å². The second-order valence-corrected chi connectivity index (χ2v) is 4.72. The van der Waals surface area contributed by atoms with Crippen LogP contribution in [0.2, 0.25) is 0 Å². The topological polar surface area (TPSA) is 38.3 Å². The first kappa shape index (κ1) is 11.1. The lowest BCUT2D eigenvalue weighted by molar-refractivity contribution is -0.114. The first-order chi connectivity index (χ1) is 7.42. The van der Waals surface area contributed by atoms with Gasteiger partial charge in [-0.1, -0.05) is 12.1 Å². The van der Waals surface area contributed by atoms with Gasteiger partial charge in [0.15, 0.2) is 0 Å². The smallest absolute Gasteiger partial charge is 0.221 e. The van der Waals surface area contributed by atoms with Crippen molar-refractivity contribution in [1.82, 2.24) is 0 Å². The Balaban J connectivity index is 2.52. The summed E-state index contributed by atoms with van der Waals surface area (Å²) in [4.78, 5) is 11.1. The van der Waals surface area contributed by atoms with Crippen LogP contribution in [-0.2, 0) is 15.1 Å². The van der Waals surface area contributed by atoms with E-state index in [1.165, 1.54) is 6.92 Å². The Labute approximate surface area is 95.8 Å². The summed E-state index contributed by atoms with van der Waals surface area (Å²) in [5, 5.41) is 2.85. The molecular weight excluding hydrogens is 202 g/mol. The summed E-state index contributed by atoms with van der Waals surface area (Å²) >= 11 is 0. The maximum atomic E-state index is 11.1. The van der Waals surface area contributed by atoms with Gasteiger partial charge in [0.1, 0.15) is 0 Å². The minimum absolute atomic E-state index is 0.0213. The standard InChI is InChI=1S/C13H17NO2/c1-8-12-10(13(3,4)16-8)6-5-7-11(12)14-9(2)15/h5-8H,1-4H3,(H,14,15). The van der Waals surface area contributed by atoms with Crippen LogP contribution < -0.4 is 5.32 Å². The number of benzene rings is 1. The number of carbonyl (C=O) groups excluding carboxylic acids is 1. The third kappa shape index (κ3) is 1.71. The Morgan fingerprint density at radius 2 is 2.12 bits per heavy atom. The minimum atomic E-state index is -0.275. The third-order valence-corrected chi connectivity index (χ3v) is 2.94. The Bertz CT molecular complexity index is 438. The molecule has 1 aliphatic heterocycles. The number of hydrogen-bond donors (Lipinski definition) is 1. The number of rotatable bonds is 1. The maximum absolute atomic E-state index is 11.1. The van der Waals surface area contributed by atoms with Gasteiger partial charge in [-0.15, -0.1) is 0 Å². The van der Waals surface area contributed by atoms with Crippen LogP contribution in [0.3, 0.4) is 0 Å². The highest BCUT2D eigenvalue weighted by Crippen LogP contribution is 2.45. The fourth-order valence-electron chi connectivity index (χ4n) is 2.39. The zero-order chi connectivity index (χ0) is 11.9. The number of carbonyl (C=O) groups is 1. The fourth-order valence-corrected chi connectivity index (χ4v) is 2.39. The molecule has 0 fully saturated rings. The van der Waals surface area contributed by atoms with E-state index in [1.54, 1.807) is 0 Å². The molecule has 1 aromatic rings. The van der Waals surface area contributed by atoms with E-state index in [4.69, 9.17) is 4.74 Å². The van der Waals surface area contributed by atoms with Gasteiger partial charge in [0, 0.05) is 18.2 Å². The molecule has 3 nitrogen and oxygen atoms in total. The summed E-state index contributed by atoms with van der Waals surface area (Å²) < 4.78 is 5.89. The van der Waals surface area contributed by atoms with Gasteiger partial charge in [0.25, 0.3) is 0 Å². The summed E-state index contributed by atoms with van der Waals surface area (Å²) in [6.07, 6.45) is 0.0213. The highest BCUT2D eigenvalue weighted by molar-refractivity contribution is 5.90. The van der Waals surface area contributed by atoms with E-state index in [9.17, 15) is 4.79 Å². The molecule has 0 saturated heterocycles. The van der Waals surface area contributed by atoms with Crippen LogP contribution in [-0.4, -0.2) is 5.91 Å². The van der Waals surface area contributed by atoms with Gasteiger partial charge in [-0.05, 0) is 32.4 Å². The van der Waals surface area contributed by atoms with Gasteiger partial charge in [0.05, 0.1) is 11.7 Å². The Hall–Kier alpha value is -1.35. The van der Waals surface area contributed by atoms with Crippen molar-refractivity contribution in [3.63, 3.8) is 0 Å². The number of nitrogens with one attached hydrogen (secondary N) is 1. The Kier molecular flexibility index (Phi) is 2.50. The lowest BCUT2D eigenvalue weighted by atomic mass is 9.93. The van der Waals surface area contributed by atoms with Gasteiger partial charge in [-0.2, -0.15) is 0 Å². The SMILES string of the molecule is CC(=O)Nc1cccc2c1C(C)OC2(C)C. The molecule has 2 rings (SSSR count). The molecule has 0 spiro atoms. The van der Waals surface area contributed by atoms with Gasteiger partial charge in [0.2, 0.25) is 5.91 Å². The molecule has 1 unspecified atom stereocenters. The van der Waals surface area contributed by atoms with E-state index in [1.807, 2.05) is 32.9 Å². The van der Waals surface area contributed by atoms with Crippen LogP contribution >= 0.6 is 0 Å². The van der Waals surface area contributed by atoms with Crippen LogP contribution in [0.1, 0.15) is 44.9 Å². The average molecular weight is 219 g/mol. The fraction of sp³-hybridized carbons (Fsp3) is 0.462. The van der Waals surface area contributed by atoms with E-state index in [0.717, 1.165) is 16.8 Å². The van der Waals surface area contributed by atoms with Gasteiger partial charge in [-0.3, -0.25) is 4.79 Å². The van der Waals surface area contributed by atoms with E-state index in [0.29, 0.717) is 0 Å². The number of anilines is 1. The zero-order valence-corrected chi connectivity index (χ0v) is 10.1. The van der Waals surface area contributed by atoms with Gasteiger partial charge >= 0.3 is 0 Å². The molecule has 1 heterocycles. The second kappa shape index (κ2) is 3.59. The predicted octanol–water partition coefficient (Wildman–Crippen LogP) is 2.97. The summed E-state index contributed by atoms with van der Waals surface area (Å²) in [5.41, 5.74) is 2.85. The summed E-state index contributed by atoms with van der Waals surface area (Å²) in [6, 6.07) is 5.93. The highest BCUT2D eigenvalue weighted by atomic mass is 16.5. The van der Waals surface area contributed by atoms with Crippen molar-refractivity contribution in [3.8, 4) is 0 Å². The molecule has 0 bridgehead atoms.